The summed E-state index contributed by atoms with van der Waals surface area (Å²) in [6.45, 7) is 3.05. The molecular weight excluding hydrogens is 264 g/mol. The first kappa shape index (κ1) is 13.3. The highest BCUT2D eigenvalue weighted by molar-refractivity contribution is 6.04. The first-order chi connectivity index (χ1) is 10.3. The lowest BCUT2D eigenvalue weighted by Gasteiger charge is -2.19. The van der Waals surface area contributed by atoms with Crippen molar-refractivity contribution in [3.8, 4) is 0 Å². The van der Waals surface area contributed by atoms with Gasteiger partial charge in [0.2, 0.25) is 0 Å². The molecule has 1 amide bonds. The van der Waals surface area contributed by atoms with E-state index in [1.54, 1.807) is 11.1 Å². The van der Waals surface area contributed by atoms with E-state index in [2.05, 4.69) is 15.2 Å². The predicted octanol–water partition coefficient (Wildman–Crippen LogP) is 2.62. The van der Waals surface area contributed by atoms with Crippen molar-refractivity contribution < 1.29 is 4.79 Å². The molecule has 1 N–H and O–H groups in total. The molecule has 0 fully saturated rings. The first-order valence-corrected chi connectivity index (χ1v) is 6.92. The molecule has 0 atom stereocenters. The molecule has 0 aliphatic rings. The van der Waals surface area contributed by atoms with E-state index in [9.17, 15) is 4.79 Å². The summed E-state index contributed by atoms with van der Waals surface area (Å²) in [4.78, 5) is 18.7. The van der Waals surface area contributed by atoms with Gasteiger partial charge < -0.3 is 4.90 Å². The highest BCUT2D eigenvalue weighted by atomic mass is 16.2. The normalized spacial score (nSPS) is 10.7. The molecule has 0 saturated heterocycles. The van der Waals surface area contributed by atoms with Crippen molar-refractivity contribution in [2.75, 3.05) is 6.54 Å². The summed E-state index contributed by atoms with van der Waals surface area (Å²) < 4.78 is 0. The molecule has 3 rings (SSSR count). The third-order valence-electron chi connectivity index (χ3n) is 3.42. The van der Waals surface area contributed by atoms with Crippen molar-refractivity contribution >= 4 is 16.8 Å². The van der Waals surface area contributed by atoms with E-state index in [0.717, 1.165) is 16.6 Å². The smallest absolute Gasteiger partial charge is 0.275 e. The highest BCUT2D eigenvalue weighted by Gasteiger charge is 2.20. The quantitative estimate of drug-likeness (QED) is 0.799. The van der Waals surface area contributed by atoms with Crippen LogP contribution < -0.4 is 0 Å². The number of hydrogen-bond donors (Lipinski definition) is 1. The molecule has 1 aromatic carbocycles. The van der Waals surface area contributed by atoms with Crippen LogP contribution in [0.15, 0.2) is 48.7 Å². The fraction of sp³-hybridized carbons (Fsp3) is 0.188. The van der Waals surface area contributed by atoms with Crippen LogP contribution in [0.4, 0.5) is 0 Å². The lowest BCUT2D eigenvalue weighted by molar-refractivity contribution is 0.0746. The summed E-state index contributed by atoms with van der Waals surface area (Å²) in [6.07, 6.45) is 1.73. The summed E-state index contributed by atoms with van der Waals surface area (Å²) in [5, 5.41) is 7.92. The molecule has 0 aliphatic heterocycles. The van der Waals surface area contributed by atoms with Crippen molar-refractivity contribution in [3.05, 3.63) is 60.0 Å². The van der Waals surface area contributed by atoms with Crippen LogP contribution in [-0.2, 0) is 6.54 Å². The van der Waals surface area contributed by atoms with Crippen molar-refractivity contribution in [1.82, 2.24) is 20.1 Å². The molecule has 0 radical (unpaired) electrons. The number of carbonyl (C=O) groups excluding carboxylic acids is 1. The Morgan fingerprint density at radius 2 is 2.00 bits per heavy atom. The van der Waals surface area contributed by atoms with Crippen molar-refractivity contribution in [3.63, 3.8) is 0 Å². The molecule has 0 aliphatic carbocycles. The predicted molar refractivity (Wildman–Crippen MR) is 80.7 cm³/mol. The number of H-pyrrole nitrogens is 1. The molecule has 0 saturated carbocycles. The lowest BCUT2D eigenvalue weighted by Crippen LogP contribution is -2.31. The van der Waals surface area contributed by atoms with Gasteiger partial charge in [-0.15, -0.1) is 0 Å². The van der Waals surface area contributed by atoms with Gasteiger partial charge in [0.15, 0.2) is 5.69 Å². The number of para-hydroxylation sites is 1. The third-order valence-corrected chi connectivity index (χ3v) is 3.42. The van der Waals surface area contributed by atoms with Crippen LogP contribution >= 0.6 is 0 Å². The maximum atomic E-state index is 12.7. The van der Waals surface area contributed by atoms with Gasteiger partial charge in [-0.3, -0.25) is 14.9 Å². The first-order valence-electron chi connectivity index (χ1n) is 6.92. The number of nitrogens with one attached hydrogen (secondary N) is 1. The number of rotatable bonds is 4. The number of benzene rings is 1. The maximum Gasteiger partial charge on any atom is 0.275 e. The zero-order chi connectivity index (χ0) is 14.7. The number of fused-ring (bicyclic) bond motifs is 1. The van der Waals surface area contributed by atoms with Gasteiger partial charge in [-0.05, 0) is 25.1 Å². The van der Waals surface area contributed by atoms with E-state index in [-0.39, 0.29) is 5.91 Å². The molecule has 2 heterocycles. The Kier molecular flexibility index (Phi) is 3.64. The molecule has 0 unspecified atom stereocenters. The third kappa shape index (κ3) is 2.63. The van der Waals surface area contributed by atoms with Gasteiger partial charge in [0.1, 0.15) is 0 Å². The summed E-state index contributed by atoms with van der Waals surface area (Å²) in [5.41, 5.74) is 2.20. The van der Waals surface area contributed by atoms with Gasteiger partial charge in [-0.1, -0.05) is 24.3 Å². The summed E-state index contributed by atoms with van der Waals surface area (Å²) in [7, 11) is 0. The van der Waals surface area contributed by atoms with E-state index in [1.807, 2.05) is 49.4 Å². The van der Waals surface area contributed by atoms with E-state index in [1.165, 1.54) is 0 Å². The maximum absolute atomic E-state index is 12.7. The van der Waals surface area contributed by atoms with Crippen LogP contribution in [0.25, 0.3) is 10.9 Å². The highest BCUT2D eigenvalue weighted by Crippen LogP contribution is 2.17. The number of pyridine rings is 1. The number of hydrogen-bond acceptors (Lipinski definition) is 3. The minimum atomic E-state index is -0.0828. The molecule has 106 valence electrons. The second-order valence-electron chi connectivity index (χ2n) is 4.76. The minimum absolute atomic E-state index is 0.0828. The Labute approximate surface area is 122 Å². The summed E-state index contributed by atoms with van der Waals surface area (Å²) in [6, 6.07) is 13.3. The van der Waals surface area contributed by atoms with E-state index < -0.39 is 0 Å². The molecular formula is C16H16N4O. The van der Waals surface area contributed by atoms with Gasteiger partial charge in [-0.25, -0.2) is 0 Å². The number of aromatic amines is 1. The largest absolute Gasteiger partial charge is 0.332 e. The van der Waals surface area contributed by atoms with Gasteiger partial charge in [0.05, 0.1) is 17.8 Å². The number of amides is 1. The molecule has 0 bridgehead atoms. The fourth-order valence-corrected chi connectivity index (χ4v) is 2.29. The average Bonchev–Trinajstić information content (AvgIpc) is 2.97. The van der Waals surface area contributed by atoms with E-state index >= 15 is 0 Å². The molecule has 21 heavy (non-hydrogen) atoms. The Balaban J connectivity index is 1.88. The van der Waals surface area contributed by atoms with Gasteiger partial charge in [0, 0.05) is 18.1 Å². The second-order valence-corrected chi connectivity index (χ2v) is 4.76. The Bertz CT molecular complexity index is 751. The SMILES string of the molecule is CCN(Cc1ccccn1)C(=O)c1n[nH]c2ccccc12. The molecule has 3 aromatic rings. The van der Waals surface area contributed by atoms with Crippen LogP contribution in [0.1, 0.15) is 23.1 Å². The van der Waals surface area contributed by atoms with E-state index in [0.29, 0.717) is 18.8 Å². The number of nitrogens with zero attached hydrogens (tertiary/aromatic N) is 3. The number of carbonyl (C=O) groups is 1. The zero-order valence-electron chi connectivity index (χ0n) is 11.8. The van der Waals surface area contributed by atoms with Crippen LogP contribution in [0, 0.1) is 0 Å². The van der Waals surface area contributed by atoms with Gasteiger partial charge >= 0.3 is 0 Å². The lowest BCUT2D eigenvalue weighted by atomic mass is 10.2. The molecule has 5 heteroatoms. The van der Waals surface area contributed by atoms with E-state index in [4.69, 9.17) is 0 Å². The van der Waals surface area contributed by atoms with Crippen LogP contribution in [0.2, 0.25) is 0 Å². The fourth-order valence-electron chi connectivity index (χ4n) is 2.29. The van der Waals surface area contributed by atoms with Crippen LogP contribution in [0.3, 0.4) is 0 Å². The van der Waals surface area contributed by atoms with Crippen molar-refractivity contribution in [2.24, 2.45) is 0 Å². The van der Waals surface area contributed by atoms with Crippen molar-refractivity contribution in [1.29, 1.82) is 0 Å². The van der Waals surface area contributed by atoms with Gasteiger partial charge in [0.25, 0.3) is 5.91 Å². The molecule has 5 nitrogen and oxygen atoms in total. The monoisotopic (exact) mass is 280 g/mol. The Hall–Kier alpha value is -2.69. The van der Waals surface area contributed by atoms with Crippen LogP contribution in [-0.4, -0.2) is 32.5 Å². The minimum Gasteiger partial charge on any atom is -0.332 e. The van der Waals surface area contributed by atoms with Gasteiger partial charge in [-0.2, -0.15) is 5.10 Å². The molecule has 2 aromatic heterocycles. The number of aromatic nitrogens is 3. The van der Waals surface area contributed by atoms with Crippen LogP contribution in [0.5, 0.6) is 0 Å². The topological polar surface area (TPSA) is 61.9 Å². The Morgan fingerprint density at radius 3 is 2.76 bits per heavy atom. The average molecular weight is 280 g/mol. The zero-order valence-corrected chi connectivity index (χ0v) is 11.8. The second kappa shape index (κ2) is 5.75. The summed E-state index contributed by atoms with van der Waals surface area (Å²) >= 11 is 0. The standard InChI is InChI=1S/C16H16N4O/c1-2-20(11-12-7-5-6-10-17-12)16(21)15-13-8-3-4-9-14(13)18-19-15/h3-10H,2,11H2,1H3,(H,18,19). The molecule has 0 spiro atoms. The summed E-state index contributed by atoms with van der Waals surface area (Å²) in [5.74, 6) is -0.0828. The Morgan fingerprint density at radius 1 is 1.19 bits per heavy atom. The van der Waals surface area contributed by atoms with Crippen molar-refractivity contribution in [2.45, 2.75) is 13.5 Å².